The van der Waals surface area contributed by atoms with Gasteiger partial charge < -0.3 is 19.7 Å². The van der Waals surface area contributed by atoms with Gasteiger partial charge in [0.05, 0.1) is 18.2 Å². The third-order valence-electron chi connectivity index (χ3n) is 7.00. The SMILES string of the molecule is CC(C)(C)c1ccc(OCCN2C(=O)COc3ccc(NC(=O)C(c4ccccc4)c4ccccc4)cc32)cc1. The van der Waals surface area contributed by atoms with Gasteiger partial charge in [0.1, 0.15) is 18.1 Å². The van der Waals surface area contributed by atoms with E-state index >= 15 is 0 Å². The van der Waals surface area contributed by atoms with Gasteiger partial charge >= 0.3 is 0 Å². The quantitative estimate of drug-likeness (QED) is 0.278. The molecular formula is C34H34N2O4. The summed E-state index contributed by atoms with van der Waals surface area (Å²) in [5.41, 5.74) is 4.29. The van der Waals surface area contributed by atoms with Gasteiger partial charge in [-0.15, -0.1) is 0 Å². The lowest BCUT2D eigenvalue weighted by Crippen LogP contribution is -2.41. The minimum atomic E-state index is -0.481. The molecule has 0 radical (unpaired) electrons. The number of hydrogen-bond donors (Lipinski definition) is 1. The number of nitrogens with one attached hydrogen (secondary N) is 1. The van der Waals surface area contributed by atoms with Crippen molar-refractivity contribution in [3.63, 3.8) is 0 Å². The van der Waals surface area contributed by atoms with Crippen LogP contribution in [-0.2, 0) is 15.0 Å². The first-order valence-corrected chi connectivity index (χ1v) is 13.5. The van der Waals surface area contributed by atoms with Gasteiger partial charge in [-0.25, -0.2) is 0 Å². The van der Waals surface area contributed by atoms with E-state index in [4.69, 9.17) is 9.47 Å². The van der Waals surface area contributed by atoms with Crippen LogP contribution in [0.5, 0.6) is 11.5 Å². The molecule has 0 bridgehead atoms. The molecule has 40 heavy (non-hydrogen) atoms. The van der Waals surface area contributed by atoms with Crippen LogP contribution < -0.4 is 19.7 Å². The van der Waals surface area contributed by atoms with Crippen LogP contribution in [0.3, 0.4) is 0 Å². The third kappa shape index (κ3) is 6.18. The summed E-state index contributed by atoms with van der Waals surface area (Å²) in [6.45, 7) is 7.15. The molecule has 0 spiro atoms. The fraction of sp³-hybridized carbons (Fsp3) is 0.235. The van der Waals surface area contributed by atoms with E-state index < -0.39 is 5.92 Å². The molecule has 1 aliphatic rings. The van der Waals surface area contributed by atoms with Crippen molar-refractivity contribution in [1.82, 2.24) is 0 Å². The number of ether oxygens (including phenoxy) is 2. The highest BCUT2D eigenvalue weighted by Gasteiger charge is 2.27. The maximum absolute atomic E-state index is 13.6. The van der Waals surface area contributed by atoms with Gasteiger partial charge in [-0.1, -0.05) is 93.6 Å². The molecule has 0 atom stereocenters. The molecule has 0 aromatic heterocycles. The summed E-state index contributed by atoms with van der Waals surface area (Å²) in [6.07, 6.45) is 0. The van der Waals surface area contributed by atoms with Gasteiger partial charge in [0.25, 0.3) is 5.91 Å². The van der Waals surface area contributed by atoms with Crippen LogP contribution in [0.25, 0.3) is 0 Å². The second-order valence-corrected chi connectivity index (χ2v) is 10.9. The molecule has 0 saturated heterocycles. The van der Waals surface area contributed by atoms with E-state index in [0.717, 1.165) is 16.9 Å². The van der Waals surface area contributed by atoms with Crippen molar-refractivity contribution in [1.29, 1.82) is 0 Å². The minimum Gasteiger partial charge on any atom is -0.492 e. The summed E-state index contributed by atoms with van der Waals surface area (Å²) in [6, 6.07) is 32.8. The van der Waals surface area contributed by atoms with Gasteiger partial charge in [0, 0.05) is 5.69 Å². The molecule has 4 aromatic carbocycles. The van der Waals surface area contributed by atoms with Crippen LogP contribution in [0.1, 0.15) is 43.4 Å². The van der Waals surface area contributed by atoms with E-state index in [1.54, 1.807) is 23.1 Å². The molecule has 4 aromatic rings. The molecule has 6 heteroatoms. The molecular weight excluding hydrogens is 500 g/mol. The van der Waals surface area contributed by atoms with Crippen LogP contribution in [-0.4, -0.2) is 31.6 Å². The summed E-state index contributed by atoms with van der Waals surface area (Å²) in [5, 5.41) is 3.06. The Balaban J connectivity index is 1.31. The number of carbonyl (C=O) groups excluding carboxylic acids is 2. The zero-order chi connectivity index (χ0) is 28.1. The van der Waals surface area contributed by atoms with Crippen molar-refractivity contribution in [3.05, 3.63) is 120 Å². The largest absolute Gasteiger partial charge is 0.492 e. The molecule has 1 N–H and O–H groups in total. The number of rotatable bonds is 8. The first-order valence-electron chi connectivity index (χ1n) is 13.5. The van der Waals surface area contributed by atoms with Crippen molar-refractivity contribution in [3.8, 4) is 11.5 Å². The highest BCUT2D eigenvalue weighted by Crippen LogP contribution is 2.35. The standard InChI is InChI=1S/C34H34N2O4/c1-34(2,3)26-14-17-28(18-15-26)39-21-20-36-29-22-27(16-19-30(29)40-23-31(36)37)35-33(38)32(24-10-6-4-7-11-24)25-12-8-5-9-13-25/h4-19,22,32H,20-21,23H2,1-3H3,(H,35,38). The van der Waals surface area contributed by atoms with Crippen LogP contribution >= 0.6 is 0 Å². The van der Waals surface area contributed by atoms with Crippen molar-refractivity contribution >= 4 is 23.2 Å². The number of amides is 2. The molecule has 0 fully saturated rings. The average molecular weight is 535 g/mol. The second kappa shape index (κ2) is 11.7. The Morgan fingerprint density at radius 2 is 1.52 bits per heavy atom. The molecule has 1 heterocycles. The molecule has 5 rings (SSSR count). The van der Waals surface area contributed by atoms with E-state index in [9.17, 15) is 9.59 Å². The van der Waals surface area contributed by atoms with E-state index in [0.29, 0.717) is 30.3 Å². The summed E-state index contributed by atoms with van der Waals surface area (Å²) in [4.78, 5) is 28.1. The highest BCUT2D eigenvalue weighted by molar-refractivity contribution is 6.01. The fourth-order valence-corrected chi connectivity index (χ4v) is 4.83. The van der Waals surface area contributed by atoms with E-state index in [2.05, 4.69) is 38.2 Å². The maximum atomic E-state index is 13.6. The third-order valence-corrected chi connectivity index (χ3v) is 7.00. The number of anilines is 2. The number of nitrogens with zero attached hydrogens (tertiary/aromatic N) is 1. The smallest absolute Gasteiger partial charge is 0.265 e. The number of hydrogen-bond acceptors (Lipinski definition) is 4. The molecule has 1 aliphatic heterocycles. The van der Waals surface area contributed by atoms with E-state index in [1.807, 2.05) is 72.8 Å². The van der Waals surface area contributed by atoms with Crippen LogP contribution in [0.15, 0.2) is 103 Å². The Bertz CT molecular complexity index is 1420. The van der Waals surface area contributed by atoms with Crippen molar-refractivity contribution < 1.29 is 19.1 Å². The predicted octanol–water partition coefficient (Wildman–Crippen LogP) is 6.56. The number of fused-ring (bicyclic) bond motifs is 1. The molecule has 6 nitrogen and oxygen atoms in total. The van der Waals surface area contributed by atoms with E-state index in [1.165, 1.54) is 5.56 Å². The minimum absolute atomic E-state index is 0.0386. The Labute approximate surface area is 235 Å². The van der Waals surface area contributed by atoms with Gasteiger partial charge in [-0.05, 0) is 52.4 Å². The van der Waals surface area contributed by atoms with Gasteiger partial charge in [-0.3, -0.25) is 9.59 Å². The van der Waals surface area contributed by atoms with Crippen molar-refractivity contribution in [2.75, 3.05) is 30.0 Å². The summed E-state index contributed by atoms with van der Waals surface area (Å²) in [5.74, 6) is 0.547. The Morgan fingerprint density at radius 1 is 0.900 bits per heavy atom. The molecule has 0 aliphatic carbocycles. The molecule has 204 valence electrons. The lowest BCUT2D eigenvalue weighted by atomic mass is 9.87. The second-order valence-electron chi connectivity index (χ2n) is 10.9. The highest BCUT2D eigenvalue weighted by atomic mass is 16.5. The van der Waals surface area contributed by atoms with Crippen molar-refractivity contribution in [2.24, 2.45) is 0 Å². The monoisotopic (exact) mass is 534 g/mol. The molecule has 2 amide bonds. The number of carbonyl (C=O) groups is 2. The Hall–Kier alpha value is -4.58. The first-order chi connectivity index (χ1) is 19.3. The predicted molar refractivity (Wildman–Crippen MR) is 158 cm³/mol. The number of benzene rings is 4. The molecule has 0 saturated carbocycles. The fourth-order valence-electron chi connectivity index (χ4n) is 4.83. The molecule has 0 unspecified atom stereocenters. The van der Waals surface area contributed by atoms with Gasteiger partial charge in [-0.2, -0.15) is 0 Å². The topological polar surface area (TPSA) is 67.9 Å². The van der Waals surface area contributed by atoms with Crippen LogP contribution in [0.2, 0.25) is 0 Å². The van der Waals surface area contributed by atoms with Gasteiger partial charge in [0.15, 0.2) is 6.61 Å². The summed E-state index contributed by atoms with van der Waals surface area (Å²) < 4.78 is 11.6. The summed E-state index contributed by atoms with van der Waals surface area (Å²) >= 11 is 0. The van der Waals surface area contributed by atoms with E-state index in [-0.39, 0.29) is 23.8 Å². The zero-order valence-corrected chi connectivity index (χ0v) is 23.1. The Morgan fingerprint density at radius 3 is 2.12 bits per heavy atom. The zero-order valence-electron chi connectivity index (χ0n) is 23.1. The normalized spacial score (nSPS) is 13.0. The van der Waals surface area contributed by atoms with Crippen molar-refractivity contribution in [2.45, 2.75) is 32.1 Å². The van der Waals surface area contributed by atoms with Crippen LogP contribution in [0.4, 0.5) is 11.4 Å². The average Bonchev–Trinajstić information content (AvgIpc) is 2.95. The first kappa shape index (κ1) is 27.0. The van der Waals surface area contributed by atoms with Crippen LogP contribution in [0, 0.1) is 0 Å². The lowest BCUT2D eigenvalue weighted by molar-refractivity contribution is -0.121. The summed E-state index contributed by atoms with van der Waals surface area (Å²) in [7, 11) is 0. The maximum Gasteiger partial charge on any atom is 0.265 e. The Kier molecular flexibility index (Phi) is 7.87. The lowest BCUT2D eigenvalue weighted by Gasteiger charge is -2.30. The van der Waals surface area contributed by atoms with Gasteiger partial charge in [0.2, 0.25) is 5.91 Å².